The lowest BCUT2D eigenvalue weighted by molar-refractivity contribution is -0.123. The molecule has 1 aliphatic rings. The van der Waals surface area contributed by atoms with Crippen molar-refractivity contribution in [3.8, 4) is 17.3 Å². The maximum atomic E-state index is 13.5. The van der Waals surface area contributed by atoms with Gasteiger partial charge in [0.2, 0.25) is 5.91 Å². The molecule has 0 unspecified atom stereocenters. The molecule has 0 saturated carbocycles. The Balaban J connectivity index is 1.37. The molecule has 13 heteroatoms. The fourth-order valence-corrected chi connectivity index (χ4v) is 7.23. The predicted octanol–water partition coefficient (Wildman–Crippen LogP) is 5.81. The number of benzene rings is 1. The normalized spacial score (nSPS) is 14.6. The molecule has 0 spiro atoms. The van der Waals surface area contributed by atoms with E-state index in [9.17, 15) is 23.2 Å². The van der Waals surface area contributed by atoms with E-state index in [0.717, 1.165) is 35.7 Å². The number of carbonyl (C=O) groups is 1. The van der Waals surface area contributed by atoms with Crippen LogP contribution in [0.25, 0.3) is 16.2 Å². The van der Waals surface area contributed by atoms with Crippen molar-refractivity contribution in [2.24, 2.45) is 0 Å². The number of halogens is 3. The van der Waals surface area contributed by atoms with Gasteiger partial charge in [0.05, 0.1) is 18.8 Å². The molecule has 0 bridgehead atoms. The summed E-state index contributed by atoms with van der Waals surface area (Å²) in [5.74, 6) is 0.509. The third-order valence-electron chi connectivity index (χ3n) is 7.17. The van der Waals surface area contributed by atoms with Gasteiger partial charge in [0, 0.05) is 23.2 Å². The number of alkyl halides is 2. The number of amides is 1. The number of likely N-dealkylation sites (tertiary alicyclic amines) is 1. The van der Waals surface area contributed by atoms with Gasteiger partial charge in [-0.25, -0.2) is 23.1 Å². The molecule has 5 rings (SSSR count). The lowest BCUT2D eigenvalue weighted by Crippen LogP contribution is -2.42. The number of thiazole rings is 2. The molecule has 1 amide bonds. The fraction of sp³-hybridized carbons (Fsp3) is 0.429. The van der Waals surface area contributed by atoms with Crippen LogP contribution < -0.4 is 10.2 Å². The van der Waals surface area contributed by atoms with Crippen molar-refractivity contribution < 1.29 is 18.0 Å². The lowest BCUT2D eigenvalue weighted by Gasteiger charge is -2.30. The molecule has 1 aliphatic heterocycles. The molecule has 3 aromatic heterocycles. The first-order valence-corrected chi connectivity index (χ1v) is 15.2. The first kappa shape index (κ1) is 29.0. The topological polar surface area (TPSA) is 89.6 Å². The predicted molar refractivity (Wildman–Crippen MR) is 155 cm³/mol. The smallest absolute Gasteiger partial charge is 0.255 e. The van der Waals surface area contributed by atoms with E-state index in [-0.39, 0.29) is 18.3 Å². The summed E-state index contributed by atoms with van der Waals surface area (Å²) < 4.78 is 40.4. The third kappa shape index (κ3) is 6.24. The number of anilines is 2. The van der Waals surface area contributed by atoms with Crippen molar-refractivity contribution in [2.45, 2.75) is 45.5 Å². The third-order valence-corrected chi connectivity index (χ3v) is 9.30. The van der Waals surface area contributed by atoms with Crippen molar-refractivity contribution in [1.29, 1.82) is 5.26 Å². The summed E-state index contributed by atoms with van der Waals surface area (Å²) >= 11 is 2.96. The highest BCUT2D eigenvalue weighted by Crippen LogP contribution is 2.40. The average Bonchev–Trinajstić information content (AvgIpc) is 3.67. The molecule has 4 aromatic rings. The van der Waals surface area contributed by atoms with Gasteiger partial charge < -0.3 is 10.2 Å². The number of nitrogens with one attached hydrogen (secondary N) is 1. The minimum absolute atomic E-state index is 0.126. The van der Waals surface area contributed by atoms with Crippen LogP contribution in [0, 0.1) is 17.1 Å². The van der Waals surface area contributed by atoms with E-state index in [1.807, 2.05) is 11.8 Å². The SMILES string of the molecule is CCc1nc2sc(C3CCN(CC(=O)NCC(F)F)CC3)cn2c1N(CC)c1nc(-c2ccc(F)cc2)c(C#N)s1. The van der Waals surface area contributed by atoms with Gasteiger partial charge in [0.15, 0.2) is 10.1 Å². The van der Waals surface area contributed by atoms with Gasteiger partial charge in [0.25, 0.3) is 6.43 Å². The highest BCUT2D eigenvalue weighted by atomic mass is 32.1. The van der Waals surface area contributed by atoms with Gasteiger partial charge in [-0.3, -0.25) is 14.1 Å². The van der Waals surface area contributed by atoms with Crippen molar-refractivity contribution in [3.05, 3.63) is 51.7 Å². The molecule has 41 heavy (non-hydrogen) atoms. The quantitative estimate of drug-likeness (QED) is 0.247. The zero-order valence-corrected chi connectivity index (χ0v) is 24.4. The van der Waals surface area contributed by atoms with Gasteiger partial charge in [-0.15, -0.1) is 11.3 Å². The number of hydrogen-bond donors (Lipinski definition) is 1. The Bertz CT molecular complexity index is 1550. The number of fused-ring (bicyclic) bond motifs is 1. The van der Waals surface area contributed by atoms with Gasteiger partial charge in [-0.2, -0.15) is 5.26 Å². The van der Waals surface area contributed by atoms with E-state index in [0.29, 0.717) is 46.8 Å². The first-order chi connectivity index (χ1) is 19.8. The summed E-state index contributed by atoms with van der Waals surface area (Å²) in [6.45, 7) is 5.63. The number of rotatable bonds is 10. The van der Waals surface area contributed by atoms with Crippen molar-refractivity contribution in [2.75, 3.05) is 37.6 Å². The molecule has 1 aromatic carbocycles. The molecule has 0 radical (unpaired) electrons. The van der Waals surface area contributed by atoms with E-state index in [2.05, 4.69) is 33.8 Å². The number of imidazole rings is 1. The Morgan fingerprint density at radius 1 is 1.20 bits per heavy atom. The maximum Gasteiger partial charge on any atom is 0.255 e. The first-order valence-electron chi connectivity index (χ1n) is 13.5. The van der Waals surface area contributed by atoms with Crippen molar-refractivity contribution >= 4 is 44.5 Å². The molecule has 8 nitrogen and oxygen atoms in total. The Morgan fingerprint density at radius 2 is 1.93 bits per heavy atom. The van der Waals surface area contributed by atoms with E-state index >= 15 is 0 Å². The summed E-state index contributed by atoms with van der Waals surface area (Å²) in [7, 11) is 0. The molecule has 0 aliphatic carbocycles. The van der Waals surface area contributed by atoms with Crippen LogP contribution in [-0.4, -0.2) is 64.3 Å². The van der Waals surface area contributed by atoms with E-state index < -0.39 is 13.0 Å². The molecule has 0 atom stereocenters. The van der Waals surface area contributed by atoms with Crippen LogP contribution in [0.2, 0.25) is 0 Å². The number of aromatic nitrogens is 3. The number of piperidine rings is 1. The minimum Gasteiger partial charge on any atom is -0.349 e. The van der Waals surface area contributed by atoms with Crippen LogP contribution in [0.3, 0.4) is 0 Å². The van der Waals surface area contributed by atoms with E-state index in [4.69, 9.17) is 9.97 Å². The second-order valence-electron chi connectivity index (χ2n) is 9.80. The van der Waals surface area contributed by atoms with Crippen LogP contribution in [0.5, 0.6) is 0 Å². The van der Waals surface area contributed by atoms with E-state index in [1.54, 1.807) is 23.5 Å². The van der Waals surface area contributed by atoms with Gasteiger partial charge in [-0.1, -0.05) is 18.3 Å². The second-order valence-corrected chi connectivity index (χ2v) is 11.8. The number of nitriles is 1. The zero-order valence-electron chi connectivity index (χ0n) is 22.7. The second kappa shape index (κ2) is 12.6. The van der Waals surface area contributed by atoms with Crippen LogP contribution in [-0.2, 0) is 11.2 Å². The summed E-state index contributed by atoms with van der Waals surface area (Å²) in [6.07, 6.45) is 2.03. The largest absolute Gasteiger partial charge is 0.349 e. The van der Waals surface area contributed by atoms with Gasteiger partial charge in [-0.05, 0) is 69.5 Å². The number of aryl methyl sites for hydroxylation is 1. The van der Waals surface area contributed by atoms with Gasteiger partial charge >= 0.3 is 0 Å². The van der Waals surface area contributed by atoms with Crippen LogP contribution >= 0.6 is 22.7 Å². The molecular weight excluding hydrogens is 571 g/mol. The highest BCUT2D eigenvalue weighted by molar-refractivity contribution is 7.17. The van der Waals surface area contributed by atoms with Crippen molar-refractivity contribution in [1.82, 2.24) is 24.6 Å². The summed E-state index contributed by atoms with van der Waals surface area (Å²) in [6, 6.07) is 8.24. The van der Waals surface area contributed by atoms with E-state index in [1.165, 1.54) is 28.3 Å². The molecular formula is C28H30F3N7OS2. The van der Waals surface area contributed by atoms with Crippen LogP contribution in [0.15, 0.2) is 30.5 Å². The summed E-state index contributed by atoms with van der Waals surface area (Å²) in [5, 5.41) is 12.8. The molecule has 1 fully saturated rings. The number of nitrogens with zero attached hydrogens (tertiary/aromatic N) is 6. The maximum absolute atomic E-state index is 13.5. The zero-order chi connectivity index (χ0) is 29.1. The Kier molecular flexibility index (Phi) is 8.91. The van der Waals surface area contributed by atoms with Crippen LogP contribution in [0.1, 0.15) is 48.1 Å². The Hall–Kier alpha value is -3.47. The Morgan fingerprint density at radius 3 is 2.56 bits per heavy atom. The van der Waals surface area contributed by atoms with Crippen molar-refractivity contribution in [3.63, 3.8) is 0 Å². The summed E-state index contributed by atoms with van der Waals surface area (Å²) in [4.78, 5) is 28.3. The molecule has 1 N–H and O–H groups in total. The van der Waals surface area contributed by atoms with Gasteiger partial charge in [0.1, 0.15) is 28.3 Å². The monoisotopic (exact) mass is 601 g/mol. The average molecular weight is 602 g/mol. The minimum atomic E-state index is -2.55. The lowest BCUT2D eigenvalue weighted by atomic mass is 9.96. The standard InChI is InChI=1S/C28H30F3N7OS2/c1-3-20-26(37(4-2)28-35-25(21(13-32)40-28)18-5-7-19(29)8-6-18)38-15-22(41-27(38)34-20)17-9-11-36(12-10-17)16-24(39)33-14-23(30)31/h5-8,15,17,23H,3-4,9-12,14,16H2,1-2H3,(H,33,39). The van der Waals surface area contributed by atoms with Crippen LogP contribution in [0.4, 0.5) is 24.1 Å². The Labute approximate surface area is 244 Å². The summed E-state index contributed by atoms with van der Waals surface area (Å²) in [5.41, 5.74) is 2.16. The number of hydrogen-bond acceptors (Lipinski definition) is 8. The number of carbonyl (C=O) groups excluding carboxylic acids is 1. The molecule has 4 heterocycles. The molecule has 216 valence electrons. The fourth-order valence-electron chi connectivity index (χ4n) is 5.11. The highest BCUT2D eigenvalue weighted by Gasteiger charge is 2.28. The molecule has 1 saturated heterocycles.